The molecular formula is C16H18FN3O. The molecule has 0 aliphatic carbocycles. The van der Waals surface area contributed by atoms with Crippen LogP contribution in [0.4, 0.5) is 4.39 Å². The average molecular weight is 287 g/mol. The molecular weight excluding hydrogens is 269 g/mol. The van der Waals surface area contributed by atoms with Crippen molar-refractivity contribution in [3.8, 4) is 0 Å². The van der Waals surface area contributed by atoms with Gasteiger partial charge in [0.05, 0.1) is 12.2 Å². The lowest BCUT2D eigenvalue weighted by molar-refractivity contribution is -0.126. The van der Waals surface area contributed by atoms with Crippen LogP contribution in [-0.4, -0.2) is 27.6 Å². The van der Waals surface area contributed by atoms with Crippen LogP contribution in [0.2, 0.25) is 0 Å². The number of carbonyl (C=O) groups excluding carboxylic acids is 1. The van der Waals surface area contributed by atoms with E-state index in [0.29, 0.717) is 0 Å². The zero-order valence-corrected chi connectivity index (χ0v) is 12.3. The summed E-state index contributed by atoms with van der Waals surface area (Å²) in [5.41, 5.74) is 1.76. The van der Waals surface area contributed by atoms with E-state index in [1.165, 1.54) is 18.2 Å². The van der Waals surface area contributed by atoms with Crippen molar-refractivity contribution in [2.45, 2.75) is 13.0 Å². The number of likely N-dealkylation sites (N-methyl/N-ethyl adjacent to an activating group) is 1. The lowest BCUT2D eigenvalue weighted by Crippen LogP contribution is -2.27. The summed E-state index contributed by atoms with van der Waals surface area (Å²) in [7, 11) is 3.55. The molecule has 0 unspecified atom stereocenters. The van der Waals surface area contributed by atoms with Crippen molar-refractivity contribution in [1.29, 1.82) is 0 Å². The number of rotatable bonds is 4. The highest BCUT2D eigenvalue weighted by Crippen LogP contribution is 2.19. The quantitative estimate of drug-likeness (QED) is 0.811. The fourth-order valence-corrected chi connectivity index (χ4v) is 1.97. The predicted octanol–water partition coefficient (Wildman–Crippen LogP) is 2.79. The Morgan fingerprint density at radius 1 is 1.38 bits per heavy atom. The molecule has 1 amide bonds. The van der Waals surface area contributed by atoms with E-state index in [2.05, 4.69) is 5.10 Å². The molecule has 2 rings (SSSR count). The van der Waals surface area contributed by atoms with Gasteiger partial charge in [0, 0.05) is 31.9 Å². The van der Waals surface area contributed by atoms with E-state index in [1.54, 1.807) is 41.0 Å². The predicted molar refractivity (Wildman–Crippen MR) is 79.8 cm³/mol. The Hall–Kier alpha value is -2.43. The van der Waals surface area contributed by atoms with Gasteiger partial charge in [-0.1, -0.05) is 12.1 Å². The maximum Gasteiger partial charge on any atom is 0.246 e. The summed E-state index contributed by atoms with van der Waals surface area (Å²) >= 11 is 0. The Kier molecular flexibility index (Phi) is 4.52. The number of hydrogen-bond acceptors (Lipinski definition) is 2. The number of amides is 1. The van der Waals surface area contributed by atoms with Gasteiger partial charge in [-0.2, -0.15) is 5.10 Å². The molecule has 21 heavy (non-hydrogen) atoms. The fraction of sp³-hybridized carbons (Fsp3) is 0.250. The normalized spacial score (nSPS) is 12.6. The Labute approximate surface area is 123 Å². The standard InChI is InChI=1S/C16H18FN3O/c1-12(14-5-7-15(17)8-6-14)20(3)16(21)9-4-13-10-18-19(2)11-13/h4-12H,1-3H3/b9-4+/t12-/m1/s1. The summed E-state index contributed by atoms with van der Waals surface area (Å²) in [5.74, 6) is -0.396. The molecule has 110 valence electrons. The van der Waals surface area contributed by atoms with Gasteiger partial charge in [0.1, 0.15) is 5.82 Å². The van der Waals surface area contributed by atoms with Crippen LogP contribution in [-0.2, 0) is 11.8 Å². The first-order valence-corrected chi connectivity index (χ1v) is 6.66. The molecule has 0 bridgehead atoms. The van der Waals surface area contributed by atoms with Crippen LogP contribution in [0.3, 0.4) is 0 Å². The first kappa shape index (κ1) is 15.0. The van der Waals surface area contributed by atoms with Gasteiger partial charge in [-0.3, -0.25) is 9.48 Å². The van der Waals surface area contributed by atoms with Crippen LogP contribution >= 0.6 is 0 Å². The van der Waals surface area contributed by atoms with Crippen LogP contribution in [0.15, 0.2) is 42.7 Å². The van der Waals surface area contributed by atoms with Crippen molar-refractivity contribution < 1.29 is 9.18 Å². The molecule has 1 heterocycles. The summed E-state index contributed by atoms with van der Waals surface area (Å²) in [4.78, 5) is 13.8. The third-order valence-electron chi connectivity index (χ3n) is 3.42. The van der Waals surface area contributed by atoms with Crippen molar-refractivity contribution in [2.75, 3.05) is 7.05 Å². The van der Waals surface area contributed by atoms with Gasteiger partial charge in [-0.05, 0) is 30.7 Å². The van der Waals surface area contributed by atoms with Crippen LogP contribution in [0, 0.1) is 5.82 Å². The second-order valence-electron chi connectivity index (χ2n) is 4.96. The highest BCUT2D eigenvalue weighted by atomic mass is 19.1. The minimum absolute atomic E-state index is 0.115. The Balaban J connectivity index is 2.04. The largest absolute Gasteiger partial charge is 0.335 e. The average Bonchev–Trinajstić information content (AvgIpc) is 2.89. The van der Waals surface area contributed by atoms with Crippen LogP contribution in [0.25, 0.3) is 6.08 Å². The topological polar surface area (TPSA) is 38.1 Å². The minimum atomic E-state index is -0.281. The maximum absolute atomic E-state index is 12.9. The van der Waals surface area contributed by atoms with Crippen LogP contribution in [0.1, 0.15) is 24.1 Å². The number of aromatic nitrogens is 2. The highest BCUT2D eigenvalue weighted by Gasteiger charge is 2.15. The zero-order chi connectivity index (χ0) is 15.4. The minimum Gasteiger partial charge on any atom is -0.335 e. The summed E-state index contributed by atoms with van der Waals surface area (Å²) in [5, 5.41) is 4.04. The first-order chi connectivity index (χ1) is 9.97. The number of aryl methyl sites for hydroxylation is 1. The smallest absolute Gasteiger partial charge is 0.246 e. The van der Waals surface area contributed by atoms with Crippen LogP contribution < -0.4 is 0 Å². The molecule has 0 fully saturated rings. The maximum atomic E-state index is 12.9. The lowest BCUT2D eigenvalue weighted by Gasteiger charge is -2.24. The van der Waals surface area contributed by atoms with Gasteiger partial charge in [0.2, 0.25) is 5.91 Å². The summed E-state index contributed by atoms with van der Waals surface area (Å²) < 4.78 is 14.6. The number of benzene rings is 1. The third-order valence-corrected chi connectivity index (χ3v) is 3.42. The van der Waals surface area contributed by atoms with Gasteiger partial charge in [-0.15, -0.1) is 0 Å². The molecule has 1 aromatic carbocycles. The molecule has 0 saturated carbocycles. The van der Waals surface area contributed by atoms with Gasteiger partial charge in [-0.25, -0.2) is 4.39 Å². The molecule has 0 N–H and O–H groups in total. The van der Waals surface area contributed by atoms with Gasteiger partial charge in [0.25, 0.3) is 0 Å². The molecule has 0 aliphatic heterocycles. The van der Waals surface area contributed by atoms with Crippen molar-refractivity contribution in [2.24, 2.45) is 7.05 Å². The molecule has 0 radical (unpaired) electrons. The lowest BCUT2D eigenvalue weighted by atomic mass is 10.1. The van der Waals surface area contributed by atoms with E-state index in [-0.39, 0.29) is 17.8 Å². The molecule has 0 saturated heterocycles. The summed E-state index contributed by atoms with van der Waals surface area (Å²) in [6.07, 6.45) is 6.75. The Bertz CT molecular complexity index is 646. The molecule has 5 heteroatoms. The monoisotopic (exact) mass is 287 g/mol. The molecule has 0 spiro atoms. The van der Waals surface area contributed by atoms with Crippen molar-refractivity contribution in [1.82, 2.24) is 14.7 Å². The van der Waals surface area contributed by atoms with Crippen molar-refractivity contribution in [3.05, 3.63) is 59.7 Å². The number of nitrogens with zero attached hydrogens (tertiary/aromatic N) is 3. The summed E-state index contributed by atoms with van der Waals surface area (Å²) in [6, 6.07) is 6.05. The van der Waals surface area contributed by atoms with E-state index in [0.717, 1.165) is 11.1 Å². The Morgan fingerprint density at radius 3 is 2.62 bits per heavy atom. The number of halogens is 1. The first-order valence-electron chi connectivity index (χ1n) is 6.66. The van der Waals surface area contributed by atoms with E-state index in [4.69, 9.17) is 0 Å². The van der Waals surface area contributed by atoms with Crippen molar-refractivity contribution in [3.63, 3.8) is 0 Å². The second kappa shape index (κ2) is 6.35. The van der Waals surface area contributed by atoms with E-state index in [1.807, 2.05) is 20.2 Å². The van der Waals surface area contributed by atoms with Gasteiger partial charge in [0.15, 0.2) is 0 Å². The molecule has 0 aliphatic rings. The Morgan fingerprint density at radius 2 is 2.05 bits per heavy atom. The SMILES string of the molecule is C[C@H](c1ccc(F)cc1)N(C)C(=O)/C=C/c1cnn(C)c1. The van der Waals surface area contributed by atoms with E-state index in [9.17, 15) is 9.18 Å². The number of hydrogen-bond donors (Lipinski definition) is 0. The van der Waals surface area contributed by atoms with Crippen LogP contribution in [0.5, 0.6) is 0 Å². The van der Waals surface area contributed by atoms with Crippen molar-refractivity contribution >= 4 is 12.0 Å². The number of carbonyl (C=O) groups is 1. The summed E-state index contributed by atoms with van der Waals surface area (Å²) in [6.45, 7) is 1.91. The highest BCUT2D eigenvalue weighted by molar-refractivity contribution is 5.91. The molecule has 4 nitrogen and oxygen atoms in total. The fourth-order valence-electron chi connectivity index (χ4n) is 1.97. The third kappa shape index (κ3) is 3.78. The van der Waals surface area contributed by atoms with Gasteiger partial charge >= 0.3 is 0 Å². The van der Waals surface area contributed by atoms with Gasteiger partial charge < -0.3 is 4.90 Å². The zero-order valence-electron chi connectivity index (χ0n) is 12.3. The van der Waals surface area contributed by atoms with E-state index >= 15 is 0 Å². The second-order valence-corrected chi connectivity index (χ2v) is 4.96. The van der Waals surface area contributed by atoms with E-state index < -0.39 is 0 Å². The molecule has 2 aromatic rings. The molecule has 1 atom stereocenters. The molecule has 1 aromatic heterocycles.